The molecule has 4 heterocycles. The third-order valence-corrected chi connectivity index (χ3v) is 15.5. The molecule has 0 spiro atoms. The van der Waals surface area contributed by atoms with E-state index in [1.165, 1.54) is 0 Å². The van der Waals surface area contributed by atoms with Crippen molar-refractivity contribution in [2.24, 2.45) is 4.99 Å². The number of rotatable bonds is 14. The highest BCUT2D eigenvalue weighted by atomic mass is 35.5. The third-order valence-electron chi connectivity index (χ3n) is 11.4. The van der Waals surface area contributed by atoms with E-state index in [4.69, 9.17) is 49.4 Å². The first-order chi connectivity index (χ1) is 30.9. The molecule has 1 unspecified atom stereocenters. The van der Waals surface area contributed by atoms with Crippen LogP contribution in [0.4, 0.5) is 5.69 Å². The Hall–Kier alpha value is -4.34. The number of benzene rings is 3. The monoisotopic (exact) mass is 1020 g/mol. The number of unbranched alkanes of at least 4 members (excludes halogenated alkanes) is 2. The van der Waals surface area contributed by atoms with Crippen molar-refractivity contribution in [3.05, 3.63) is 71.7 Å². The number of allylic oxidation sites excluding steroid dienone is 1. The Labute approximate surface area is 403 Å². The van der Waals surface area contributed by atoms with Gasteiger partial charge >= 0.3 is 11.9 Å². The number of hydrogen-bond donors (Lipinski definition) is 5. The van der Waals surface area contributed by atoms with Crippen molar-refractivity contribution < 1.29 is 56.2 Å². The summed E-state index contributed by atoms with van der Waals surface area (Å²) in [4.78, 5) is 71.4. The van der Waals surface area contributed by atoms with Gasteiger partial charge in [0.15, 0.2) is 16.4 Å². The highest BCUT2D eigenvalue weighted by Gasteiger charge is 2.42. The largest absolute Gasteiger partial charge is 0.478 e. The zero-order chi connectivity index (χ0) is 48.4. The first kappa shape index (κ1) is 49.6. The minimum atomic E-state index is -5.13. The number of hydrogen-bond acceptors (Lipinski definition) is 14. The molecule has 5 N–H and O–H groups in total. The molecular weight excluding hydrogens is 979 g/mol. The minimum Gasteiger partial charge on any atom is -0.478 e. The molecule has 3 amide bonds. The number of amides is 3. The number of nitrogens with zero attached hydrogens (tertiary/aromatic N) is 2. The molecule has 0 aromatic heterocycles. The van der Waals surface area contributed by atoms with Crippen LogP contribution in [0.25, 0.3) is 11.1 Å². The molecular formula is C44H45Cl3N4O12S3. The SMILES string of the molecule is CC1=CC(C)(C)N=c2c1cc1c(c2SO)Oc2c(cc3c(c2S(=O)(=O)O)NC(C)(C)CC3C)C=1c1c(Cl)c(SCC(=O)NCCCCCC(=O)ON2C(=O)CCC2=O)c(Cl)c(Cl)c1C(=O)O. The van der Waals surface area contributed by atoms with Crippen molar-refractivity contribution in [1.29, 1.82) is 0 Å². The second-order valence-corrected chi connectivity index (χ2v) is 21.7. The lowest BCUT2D eigenvalue weighted by atomic mass is 9.79. The van der Waals surface area contributed by atoms with Crippen LogP contribution in [0, 0.1) is 0 Å². The molecule has 1 saturated heterocycles. The van der Waals surface area contributed by atoms with Crippen LogP contribution in [0.1, 0.15) is 125 Å². The lowest BCUT2D eigenvalue weighted by Gasteiger charge is -2.39. The fraction of sp³-hybridized carbons (Fsp3) is 0.409. The predicted molar refractivity (Wildman–Crippen MR) is 250 cm³/mol. The number of carbonyl (C=O) groups is 5. The second-order valence-electron chi connectivity index (χ2n) is 17.6. The van der Waals surface area contributed by atoms with E-state index in [2.05, 4.69) is 10.6 Å². The summed E-state index contributed by atoms with van der Waals surface area (Å²) < 4.78 is 55.9. The molecule has 1 fully saturated rings. The van der Waals surface area contributed by atoms with Crippen molar-refractivity contribution in [1.82, 2.24) is 10.4 Å². The summed E-state index contributed by atoms with van der Waals surface area (Å²) in [5.41, 5.74) is -0.206. The minimum absolute atomic E-state index is 0.0127. The van der Waals surface area contributed by atoms with Crippen LogP contribution < -0.4 is 25.9 Å². The Morgan fingerprint density at radius 1 is 1.00 bits per heavy atom. The standard InChI is InChI=1S/C44H45Cl3N4O12S3/c1-19-16-43(3,4)49-35-21(19)14-23-29(24-15-22-20(2)17-44(5,6)50-36(22)41(66(59,60)61)38(24)62-37(23)40(35)65-58)30-31(42(56)57)32(45)34(47)39(33(30)46)64-18-25(52)48-13-9-7-8-10-28(55)63-51-26(53)11-12-27(51)54/h14-16,20,50,58H,7-13,17-18H2,1-6H3,(H,48,52)(H,56,57)(H,59,60,61). The third kappa shape index (κ3) is 9.54. The van der Waals surface area contributed by atoms with Gasteiger partial charge in [0, 0.05) is 75.8 Å². The first-order valence-electron chi connectivity index (χ1n) is 20.7. The van der Waals surface area contributed by atoms with E-state index in [9.17, 15) is 46.6 Å². The summed E-state index contributed by atoms with van der Waals surface area (Å²) in [6.45, 7) is 11.4. The van der Waals surface area contributed by atoms with Gasteiger partial charge in [-0.2, -0.15) is 8.42 Å². The maximum Gasteiger partial charge on any atom is 0.337 e. The Balaban J connectivity index is 1.32. The number of aromatic carboxylic acids is 1. The molecule has 7 rings (SSSR count). The number of nitrogens with one attached hydrogen (secondary N) is 2. The fourth-order valence-electron chi connectivity index (χ4n) is 8.83. The highest BCUT2D eigenvalue weighted by molar-refractivity contribution is 8.00. The van der Waals surface area contributed by atoms with Crippen LogP contribution in [-0.4, -0.2) is 80.7 Å². The quantitative estimate of drug-likeness (QED) is 0.0199. The Bertz CT molecular complexity index is 2920. The average molecular weight is 1020 g/mol. The van der Waals surface area contributed by atoms with Gasteiger partial charge in [-0.05, 0) is 83.1 Å². The van der Waals surface area contributed by atoms with Gasteiger partial charge in [-0.25, -0.2) is 9.59 Å². The lowest BCUT2D eigenvalue weighted by Crippen LogP contribution is -2.38. The molecule has 1 atom stereocenters. The molecule has 3 aromatic rings. The maximum absolute atomic E-state index is 13.6. The molecule has 66 heavy (non-hydrogen) atoms. The van der Waals surface area contributed by atoms with E-state index >= 15 is 0 Å². The van der Waals surface area contributed by atoms with E-state index in [0.29, 0.717) is 59.3 Å². The summed E-state index contributed by atoms with van der Waals surface area (Å²) in [5.74, 6) is -4.92. The van der Waals surface area contributed by atoms with E-state index < -0.39 is 66.3 Å². The van der Waals surface area contributed by atoms with Crippen molar-refractivity contribution in [2.45, 2.75) is 118 Å². The summed E-state index contributed by atoms with van der Waals surface area (Å²) in [6.07, 6.45) is 3.71. The van der Waals surface area contributed by atoms with Gasteiger partial charge in [-0.1, -0.05) is 54.2 Å². The summed E-state index contributed by atoms with van der Waals surface area (Å²) in [7, 11) is -5.13. The maximum atomic E-state index is 13.6. The number of carbonyl (C=O) groups excluding carboxylic acids is 4. The summed E-state index contributed by atoms with van der Waals surface area (Å²) >= 11 is 22.1. The summed E-state index contributed by atoms with van der Waals surface area (Å²) in [6, 6.07) is 3.35. The van der Waals surface area contributed by atoms with Gasteiger partial charge in [0.05, 0.1) is 43.0 Å². The van der Waals surface area contributed by atoms with Gasteiger partial charge in [0.25, 0.3) is 21.9 Å². The van der Waals surface area contributed by atoms with Gasteiger partial charge in [0.2, 0.25) is 5.91 Å². The number of hydroxylamine groups is 2. The van der Waals surface area contributed by atoms with Gasteiger partial charge in [0.1, 0.15) is 4.90 Å². The molecule has 4 aliphatic rings. The zero-order valence-corrected chi connectivity index (χ0v) is 41.2. The van der Waals surface area contributed by atoms with Crippen molar-refractivity contribution >= 4 is 115 Å². The molecule has 22 heteroatoms. The van der Waals surface area contributed by atoms with Crippen LogP contribution in [0.2, 0.25) is 15.1 Å². The van der Waals surface area contributed by atoms with E-state index in [-0.39, 0.29) is 96.4 Å². The molecule has 3 aromatic carbocycles. The number of ether oxygens (including phenoxy) is 1. The predicted octanol–water partition coefficient (Wildman–Crippen LogP) is 8.40. The topological polar surface area (TPSA) is 238 Å². The lowest BCUT2D eigenvalue weighted by molar-refractivity contribution is -0.197. The van der Waals surface area contributed by atoms with E-state index in [1.807, 2.05) is 47.6 Å². The van der Waals surface area contributed by atoms with Gasteiger partial charge in [-0.15, -0.1) is 16.8 Å². The number of carboxylic acid groups (broad SMARTS) is 1. The van der Waals surface area contributed by atoms with Crippen molar-refractivity contribution in [3.63, 3.8) is 0 Å². The molecule has 0 radical (unpaired) electrons. The van der Waals surface area contributed by atoms with Crippen LogP contribution in [0.15, 0.2) is 37.9 Å². The van der Waals surface area contributed by atoms with Crippen LogP contribution in [0.3, 0.4) is 0 Å². The molecule has 16 nitrogen and oxygen atoms in total. The van der Waals surface area contributed by atoms with Crippen molar-refractivity contribution in [2.75, 3.05) is 17.6 Å². The molecule has 4 aliphatic heterocycles. The Kier molecular flexibility index (Phi) is 14.0. The summed E-state index contributed by atoms with van der Waals surface area (Å²) in [5, 5.41) is 17.0. The van der Waals surface area contributed by atoms with Gasteiger partial charge < -0.3 is 29.9 Å². The number of thioether (sulfide) groups is 1. The Morgan fingerprint density at radius 3 is 2.32 bits per heavy atom. The number of carboxylic acids is 1. The number of halogens is 3. The number of fused-ring (bicyclic) bond motifs is 4. The first-order valence-corrected chi connectivity index (χ1v) is 25.1. The molecule has 0 saturated carbocycles. The zero-order valence-electron chi connectivity index (χ0n) is 36.4. The van der Waals surface area contributed by atoms with Gasteiger partial charge in [-0.3, -0.25) is 23.9 Å². The van der Waals surface area contributed by atoms with Crippen LogP contribution in [0.5, 0.6) is 11.5 Å². The average Bonchev–Trinajstić information content (AvgIpc) is 3.52. The number of anilines is 1. The molecule has 0 aliphatic carbocycles. The van der Waals surface area contributed by atoms with Crippen LogP contribution in [-0.2, 0) is 34.1 Å². The smallest absolute Gasteiger partial charge is 0.337 e. The number of imide groups is 1. The van der Waals surface area contributed by atoms with Crippen molar-refractivity contribution in [3.8, 4) is 11.5 Å². The Morgan fingerprint density at radius 2 is 1.68 bits per heavy atom. The highest BCUT2D eigenvalue weighted by Crippen LogP contribution is 2.54. The van der Waals surface area contributed by atoms with E-state index in [0.717, 1.165) is 17.3 Å². The molecule has 0 bridgehead atoms. The second kappa shape index (κ2) is 18.6. The fourth-order valence-corrected chi connectivity index (χ4v) is 12.1. The van der Waals surface area contributed by atoms with Crippen LogP contribution >= 0.6 is 58.6 Å². The normalized spacial score (nSPS) is 17.9. The van der Waals surface area contributed by atoms with E-state index in [1.54, 1.807) is 12.1 Å². The molecule has 352 valence electrons.